The van der Waals surface area contributed by atoms with Crippen LogP contribution >= 0.6 is 0 Å². The fraction of sp³-hybridized carbons (Fsp3) is 0.133. The fourth-order valence-electron chi connectivity index (χ4n) is 1.50. The number of nitrogens with one attached hydrogen (secondary N) is 1. The van der Waals surface area contributed by atoms with E-state index < -0.39 is 0 Å². The van der Waals surface area contributed by atoms with E-state index >= 15 is 0 Å². The molecule has 0 heterocycles. The predicted octanol–water partition coefficient (Wildman–Crippen LogP) is 3.45. The molecular weight excluding hydrogens is 224 g/mol. The zero-order chi connectivity index (χ0) is 12.8. The van der Waals surface area contributed by atoms with E-state index in [0.717, 1.165) is 17.0 Å². The highest BCUT2D eigenvalue weighted by atomic mass is 16.5. The molecule has 0 saturated carbocycles. The first kappa shape index (κ1) is 12.2. The number of rotatable bonds is 4. The van der Waals surface area contributed by atoms with Crippen LogP contribution in [-0.4, -0.2) is 13.3 Å². The number of methoxy groups -OCH3 is 1. The lowest BCUT2D eigenvalue weighted by molar-refractivity contribution is 0.415. The third-order valence-corrected chi connectivity index (χ3v) is 2.57. The van der Waals surface area contributed by atoms with E-state index in [1.807, 2.05) is 48.5 Å². The molecule has 0 aromatic heterocycles. The highest BCUT2D eigenvalue weighted by Gasteiger charge is 1.91. The number of aryl methyl sites for hydroxylation is 1. The minimum atomic E-state index is 0.846. The van der Waals surface area contributed by atoms with Gasteiger partial charge >= 0.3 is 0 Å². The van der Waals surface area contributed by atoms with E-state index in [-0.39, 0.29) is 0 Å². The Hall–Kier alpha value is -2.29. The van der Waals surface area contributed by atoms with Crippen molar-refractivity contribution in [3.63, 3.8) is 0 Å². The normalized spacial score (nSPS) is 10.6. The number of hydrogen-bond acceptors (Lipinski definition) is 3. The van der Waals surface area contributed by atoms with Crippen molar-refractivity contribution in [3.8, 4) is 5.75 Å². The maximum absolute atomic E-state index is 5.09. The van der Waals surface area contributed by atoms with Crippen molar-refractivity contribution in [3.05, 3.63) is 59.7 Å². The molecule has 2 rings (SSSR count). The summed E-state index contributed by atoms with van der Waals surface area (Å²) in [4.78, 5) is 0. The van der Waals surface area contributed by atoms with Crippen molar-refractivity contribution in [2.24, 2.45) is 5.10 Å². The molecule has 18 heavy (non-hydrogen) atoms. The molecule has 0 radical (unpaired) electrons. The lowest BCUT2D eigenvalue weighted by atomic mass is 10.2. The summed E-state index contributed by atoms with van der Waals surface area (Å²) in [5.41, 5.74) is 6.22. The van der Waals surface area contributed by atoms with Gasteiger partial charge in [0.1, 0.15) is 5.75 Å². The van der Waals surface area contributed by atoms with Gasteiger partial charge in [0.15, 0.2) is 0 Å². The minimum Gasteiger partial charge on any atom is -0.497 e. The first-order valence-corrected chi connectivity index (χ1v) is 5.78. The summed E-state index contributed by atoms with van der Waals surface area (Å²) in [5.74, 6) is 0.846. The van der Waals surface area contributed by atoms with E-state index in [9.17, 15) is 0 Å². The van der Waals surface area contributed by atoms with Gasteiger partial charge in [-0.1, -0.05) is 17.7 Å². The summed E-state index contributed by atoms with van der Waals surface area (Å²) in [6.07, 6.45) is 1.78. The van der Waals surface area contributed by atoms with Gasteiger partial charge in [0.05, 0.1) is 19.0 Å². The zero-order valence-electron chi connectivity index (χ0n) is 10.6. The first-order valence-electron chi connectivity index (χ1n) is 5.78. The van der Waals surface area contributed by atoms with E-state index in [1.165, 1.54) is 5.56 Å². The van der Waals surface area contributed by atoms with Gasteiger partial charge in [-0.2, -0.15) is 5.10 Å². The molecule has 0 spiro atoms. The molecule has 0 fully saturated rings. The highest BCUT2D eigenvalue weighted by Crippen LogP contribution is 2.10. The largest absolute Gasteiger partial charge is 0.497 e. The lowest BCUT2D eigenvalue weighted by Crippen LogP contribution is -1.90. The van der Waals surface area contributed by atoms with Crippen LogP contribution in [0.15, 0.2) is 53.6 Å². The maximum atomic E-state index is 5.09. The van der Waals surface area contributed by atoms with Crippen LogP contribution in [0.3, 0.4) is 0 Å². The van der Waals surface area contributed by atoms with Crippen molar-refractivity contribution in [1.82, 2.24) is 0 Å². The smallest absolute Gasteiger partial charge is 0.118 e. The highest BCUT2D eigenvalue weighted by molar-refractivity contribution is 5.80. The van der Waals surface area contributed by atoms with Gasteiger partial charge in [0, 0.05) is 0 Å². The van der Waals surface area contributed by atoms with E-state index in [0.29, 0.717) is 0 Å². The third kappa shape index (κ3) is 3.35. The summed E-state index contributed by atoms with van der Waals surface area (Å²) in [7, 11) is 1.65. The Morgan fingerprint density at radius 2 is 1.67 bits per heavy atom. The molecule has 0 aliphatic heterocycles. The molecular formula is C15H16N2O. The monoisotopic (exact) mass is 240 g/mol. The lowest BCUT2D eigenvalue weighted by Gasteiger charge is -2.01. The Morgan fingerprint density at radius 1 is 1.00 bits per heavy atom. The number of nitrogens with zero attached hydrogens (tertiary/aromatic N) is 1. The third-order valence-electron chi connectivity index (χ3n) is 2.57. The number of hydrazone groups is 1. The Kier molecular flexibility index (Phi) is 3.97. The minimum absolute atomic E-state index is 0.846. The van der Waals surface area contributed by atoms with Crippen LogP contribution in [0.4, 0.5) is 5.69 Å². The predicted molar refractivity (Wildman–Crippen MR) is 75.4 cm³/mol. The van der Waals surface area contributed by atoms with Gasteiger partial charge in [-0.25, -0.2) is 0 Å². The molecule has 0 amide bonds. The quantitative estimate of drug-likeness (QED) is 0.656. The van der Waals surface area contributed by atoms with Crippen LogP contribution in [0.1, 0.15) is 11.1 Å². The Bertz CT molecular complexity index is 515. The van der Waals surface area contributed by atoms with Gasteiger partial charge in [0.2, 0.25) is 0 Å². The van der Waals surface area contributed by atoms with Crippen molar-refractivity contribution in [1.29, 1.82) is 0 Å². The Labute approximate surface area is 107 Å². The van der Waals surface area contributed by atoms with Gasteiger partial charge < -0.3 is 4.74 Å². The van der Waals surface area contributed by atoms with Crippen molar-refractivity contribution >= 4 is 11.9 Å². The van der Waals surface area contributed by atoms with Gasteiger partial charge in [-0.15, -0.1) is 0 Å². The van der Waals surface area contributed by atoms with Crippen LogP contribution in [0.5, 0.6) is 5.75 Å². The van der Waals surface area contributed by atoms with Crippen LogP contribution < -0.4 is 10.2 Å². The molecule has 0 unspecified atom stereocenters. The molecule has 0 aliphatic rings. The van der Waals surface area contributed by atoms with Crippen LogP contribution in [0.2, 0.25) is 0 Å². The first-order chi connectivity index (χ1) is 8.78. The number of ether oxygens (including phenoxy) is 1. The van der Waals surface area contributed by atoms with Gasteiger partial charge in [0.25, 0.3) is 0 Å². The van der Waals surface area contributed by atoms with Gasteiger partial charge in [-0.05, 0) is 48.9 Å². The van der Waals surface area contributed by atoms with Gasteiger partial charge in [-0.3, -0.25) is 5.43 Å². The second-order valence-corrected chi connectivity index (χ2v) is 4.01. The van der Waals surface area contributed by atoms with Crippen molar-refractivity contribution in [2.45, 2.75) is 6.92 Å². The molecule has 0 saturated heterocycles. The average molecular weight is 240 g/mol. The molecule has 92 valence electrons. The van der Waals surface area contributed by atoms with Crippen LogP contribution in [-0.2, 0) is 0 Å². The number of hydrogen-bond donors (Lipinski definition) is 1. The summed E-state index contributed by atoms with van der Waals surface area (Å²) in [5, 5.41) is 4.18. The van der Waals surface area contributed by atoms with Crippen LogP contribution in [0, 0.1) is 6.92 Å². The molecule has 2 aromatic rings. The fourth-order valence-corrected chi connectivity index (χ4v) is 1.50. The molecule has 3 nitrogen and oxygen atoms in total. The van der Waals surface area contributed by atoms with Crippen molar-refractivity contribution < 1.29 is 4.74 Å². The summed E-state index contributed by atoms with van der Waals surface area (Å²) < 4.78 is 5.09. The maximum Gasteiger partial charge on any atom is 0.118 e. The second kappa shape index (κ2) is 5.87. The zero-order valence-corrected chi connectivity index (χ0v) is 10.6. The second-order valence-electron chi connectivity index (χ2n) is 4.01. The number of benzene rings is 2. The van der Waals surface area contributed by atoms with E-state index in [2.05, 4.69) is 17.5 Å². The standard InChI is InChI=1S/C15H16N2O/c1-12-3-7-14(8-4-12)17-16-11-13-5-9-15(18-2)10-6-13/h3-11,17H,1-2H3. The number of anilines is 1. The topological polar surface area (TPSA) is 33.6 Å². The molecule has 0 bridgehead atoms. The summed E-state index contributed by atoms with van der Waals surface area (Å²) >= 11 is 0. The molecule has 3 heteroatoms. The summed E-state index contributed by atoms with van der Waals surface area (Å²) in [6, 6.07) is 15.8. The molecule has 1 N–H and O–H groups in total. The summed E-state index contributed by atoms with van der Waals surface area (Å²) in [6.45, 7) is 2.06. The van der Waals surface area contributed by atoms with E-state index in [4.69, 9.17) is 4.74 Å². The molecule has 0 atom stereocenters. The molecule has 2 aromatic carbocycles. The van der Waals surface area contributed by atoms with E-state index in [1.54, 1.807) is 13.3 Å². The Balaban J connectivity index is 1.96. The van der Waals surface area contributed by atoms with Crippen molar-refractivity contribution in [2.75, 3.05) is 12.5 Å². The average Bonchev–Trinajstić information content (AvgIpc) is 2.42. The Morgan fingerprint density at radius 3 is 2.28 bits per heavy atom. The SMILES string of the molecule is COc1ccc(C=NNc2ccc(C)cc2)cc1. The van der Waals surface area contributed by atoms with Crippen LogP contribution in [0.25, 0.3) is 0 Å². The molecule has 0 aliphatic carbocycles.